The van der Waals surface area contributed by atoms with Gasteiger partial charge in [0.15, 0.2) is 0 Å². The number of sulfone groups is 1. The minimum atomic E-state index is -3.89. The second-order valence-corrected chi connectivity index (χ2v) is 11.2. The Morgan fingerprint density at radius 2 is 2.09 bits per heavy atom. The van der Waals surface area contributed by atoms with Gasteiger partial charge in [-0.15, -0.1) is 0 Å². The number of aromatic amines is 1. The van der Waals surface area contributed by atoms with Gasteiger partial charge in [-0.25, -0.2) is 8.42 Å². The Morgan fingerprint density at radius 1 is 1.31 bits per heavy atom. The van der Waals surface area contributed by atoms with Crippen LogP contribution in [-0.4, -0.2) is 37.0 Å². The zero-order chi connectivity index (χ0) is 25.3. The van der Waals surface area contributed by atoms with Gasteiger partial charge >= 0.3 is 5.97 Å². The second kappa shape index (κ2) is 9.88. The summed E-state index contributed by atoms with van der Waals surface area (Å²) in [6.45, 7) is 5.45. The Morgan fingerprint density at radius 3 is 2.80 bits per heavy atom. The number of anilines is 1. The number of carbonyl (C=O) groups is 2. The normalized spacial score (nSPS) is 17.1. The maximum absolute atomic E-state index is 13.4. The van der Waals surface area contributed by atoms with Crippen molar-refractivity contribution in [3.63, 3.8) is 0 Å². The van der Waals surface area contributed by atoms with Gasteiger partial charge in [0.2, 0.25) is 9.84 Å². The number of carboxylic acid groups (broad SMARTS) is 1. The quantitative estimate of drug-likeness (QED) is 0.279. The molecule has 184 valence electrons. The molecule has 0 spiro atoms. The molecule has 4 rings (SSSR count). The molecule has 3 N–H and O–H groups in total. The molecule has 0 aliphatic carbocycles. The van der Waals surface area contributed by atoms with Gasteiger partial charge in [0.05, 0.1) is 17.1 Å². The third-order valence-corrected chi connectivity index (χ3v) is 8.89. The molecular formula is C25H26N2O6S2. The molecule has 0 saturated carbocycles. The molecular weight excluding hydrogens is 488 g/mol. The Hall–Kier alpha value is -3.08. The molecule has 1 amide bonds. The highest BCUT2D eigenvalue weighted by Gasteiger charge is 2.32. The van der Waals surface area contributed by atoms with Crippen LogP contribution in [0.15, 0.2) is 45.1 Å². The number of nitrogens with one attached hydrogen (secondary N) is 2. The standard InChI is InChI=1S/C25H26N2O6S2/c1-4-5-6-14(2)35(31,32)24-15(3)26-20(16(24)7-10-22(28)29)13-18-23-17-11-12-33-34-21(17)9-8-19(23)27-25(18)30/h4-6,8-9,13,26H,7,10-12H2,1-3H3,(H,27,30)(H,28,29)/b5-4-,14-6+,18-13-. The lowest BCUT2D eigenvalue weighted by atomic mass is 9.96. The van der Waals surface area contributed by atoms with Crippen LogP contribution in [0, 0.1) is 6.92 Å². The van der Waals surface area contributed by atoms with Crippen LogP contribution in [0.5, 0.6) is 0 Å². The Balaban J connectivity index is 1.90. The molecule has 35 heavy (non-hydrogen) atoms. The van der Waals surface area contributed by atoms with Gasteiger partial charge in [0.1, 0.15) is 0 Å². The van der Waals surface area contributed by atoms with Gasteiger partial charge in [0, 0.05) is 50.9 Å². The number of allylic oxidation sites excluding steroid dienone is 4. The summed E-state index contributed by atoms with van der Waals surface area (Å²) in [5, 5.41) is 12.2. The van der Waals surface area contributed by atoms with E-state index in [0.29, 0.717) is 41.2 Å². The molecule has 10 heteroatoms. The van der Waals surface area contributed by atoms with Gasteiger partial charge in [-0.05, 0) is 69.0 Å². The molecule has 0 atom stereocenters. The van der Waals surface area contributed by atoms with E-state index < -0.39 is 15.8 Å². The van der Waals surface area contributed by atoms with Crippen LogP contribution in [0.4, 0.5) is 5.69 Å². The number of H-pyrrole nitrogens is 1. The highest BCUT2D eigenvalue weighted by Crippen LogP contribution is 2.43. The first-order chi connectivity index (χ1) is 16.6. The molecule has 0 radical (unpaired) electrons. The van der Waals surface area contributed by atoms with E-state index in [1.807, 2.05) is 12.1 Å². The van der Waals surface area contributed by atoms with Crippen molar-refractivity contribution in [2.75, 3.05) is 11.9 Å². The lowest BCUT2D eigenvalue weighted by Crippen LogP contribution is -2.08. The van der Waals surface area contributed by atoms with Gasteiger partial charge in [-0.2, -0.15) is 0 Å². The molecule has 3 heterocycles. The number of aromatic nitrogens is 1. The third-order valence-electron chi connectivity index (χ3n) is 5.97. The van der Waals surface area contributed by atoms with Gasteiger partial charge in [-0.3, -0.25) is 9.59 Å². The molecule has 0 saturated heterocycles. The summed E-state index contributed by atoms with van der Waals surface area (Å²) in [7, 11) is -3.89. The van der Waals surface area contributed by atoms with E-state index in [2.05, 4.69) is 10.3 Å². The lowest BCUT2D eigenvalue weighted by Gasteiger charge is -2.18. The van der Waals surface area contributed by atoms with Crippen molar-refractivity contribution in [1.29, 1.82) is 0 Å². The molecule has 0 fully saturated rings. The first kappa shape index (κ1) is 25.0. The number of carboxylic acids is 1. The smallest absolute Gasteiger partial charge is 0.303 e. The monoisotopic (exact) mass is 514 g/mol. The predicted molar refractivity (Wildman–Crippen MR) is 136 cm³/mol. The fourth-order valence-electron chi connectivity index (χ4n) is 4.33. The van der Waals surface area contributed by atoms with Crippen molar-refractivity contribution < 1.29 is 27.3 Å². The summed E-state index contributed by atoms with van der Waals surface area (Å²) < 4.78 is 32.4. The Bertz CT molecular complexity index is 1410. The van der Waals surface area contributed by atoms with Crippen LogP contribution in [-0.2, 0) is 36.5 Å². The van der Waals surface area contributed by atoms with Crippen LogP contribution in [0.2, 0.25) is 0 Å². The van der Waals surface area contributed by atoms with E-state index in [-0.39, 0.29) is 28.5 Å². The van der Waals surface area contributed by atoms with Crippen molar-refractivity contribution in [1.82, 2.24) is 4.98 Å². The van der Waals surface area contributed by atoms with Crippen molar-refractivity contribution in [3.8, 4) is 0 Å². The molecule has 2 aliphatic rings. The minimum absolute atomic E-state index is 0.00465. The number of fused-ring (bicyclic) bond motifs is 3. The maximum atomic E-state index is 13.4. The van der Waals surface area contributed by atoms with E-state index in [0.717, 1.165) is 16.0 Å². The molecule has 1 aromatic heterocycles. The van der Waals surface area contributed by atoms with Crippen molar-refractivity contribution in [3.05, 3.63) is 63.3 Å². The predicted octanol–water partition coefficient (Wildman–Crippen LogP) is 4.67. The Labute approximate surface area is 208 Å². The van der Waals surface area contributed by atoms with Crippen LogP contribution in [0.1, 0.15) is 48.3 Å². The second-order valence-electron chi connectivity index (χ2n) is 8.30. The van der Waals surface area contributed by atoms with E-state index >= 15 is 0 Å². The van der Waals surface area contributed by atoms with E-state index in [9.17, 15) is 23.1 Å². The number of hydrogen-bond donors (Lipinski definition) is 3. The summed E-state index contributed by atoms with van der Waals surface area (Å²) >= 11 is 1.27. The minimum Gasteiger partial charge on any atom is -0.481 e. The van der Waals surface area contributed by atoms with Crippen molar-refractivity contribution >= 4 is 51.1 Å². The average Bonchev–Trinajstić information content (AvgIpc) is 3.31. The molecule has 8 nitrogen and oxygen atoms in total. The first-order valence-electron chi connectivity index (χ1n) is 11.1. The fourth-order valence-corrected chi connectivity index (χ4v) is 6.63. The van der Waals surface area contributed by atoms with E-state index in [4.69, 9.17) is 4.18 Å². The van der Waals surface area contributed by atoms with Crippen LogP contribution >= 0.6 is 12.0 Å². The van der Waals surface area contributed by atoms with Crippen LogP contribution < -0.4 is 5.32 Å². The number of amides is 1. The number of rotatable bonds is 7. The highest BCUT2D eigenvalue weighted by molar-refractivity contribution is 7.95. The lowest BCUT2D eigenvalue weighted by molar-refractivity contribution is -0.137. The fraction of sp³-hybridized carbons (Fsp3) is 0.280. The maximum Gasteiger partial charge on any atom is 0.303 e. The zero-order valence-electron chi connectivity index (χ0n) is 19.6. The topological polar surface area (TPSA) is 126 Å². The average molecular weight is 515 g/mol. The summed E-state index contributed by atoms with van der Waals surface area (Å²) in [5.41, 5.74) is 4.03. The third kappa shape index (κ3) is 4.73. The summed E-state index contributed by atoms with van der Waals surface area (Å²) in [6, 6.07) is 3.73. The number of hydrogen-bond acceptors (Lipinski definition) is 6. The molecule has 1 aromatic carbocycles. The van der Waals surface area contributed by atoms with Crippen molar-refractivity contribution in [2.45, 2.75) is 49.8 Å². The number of aliphatic carboxylic acids is 1. The molecule has 0 unspecified atom stereocenters. The first-order valence-corrected chi connectivity index (χ1v) is 13.3. The van der Waals surface area contributed by atoms with Gasteiger partial charge < -0.3 is 19.6 Å². The molecule has 2 aromatic rings. The van der Waals surface area contributed by atoms with Gasteiger partial charge in [0.25, 0.3) is 5.91 Å². The summed E-state index contributed by atoms with van der Waals surface area (Å²) in [5.74, 6) is -1.34. The van der Waals surface area contributed by atoms with Gasteiger partial charge in [-0.1, -0.05) is 12.2 Å². The van der Waals surface area contributed by atoms with E-state index in [1.165, 1.54) is 25.0 Å². The van der Waals surface area contributed by atoms with Crippen LogP contribution in [0.3, 0.4) is 0 Å². The molecule has 0 bridgehead atoms. The summed E-state index contributed by atoms with van der Waals surface area (Å²) in [6.07, 6.45) is 6.89. The Kier molecular flexibility index (Phi) is 7.07. The number of carbonyl (C=O) groups excluding carboxylic acids is 1. The number of aryl methyl sites for hydroxylation is 1. The summed E-state index contributed by atoms with van der Waals surface area (Å²) in [4.78, 5) is 28.6. The SMILES string of the molecule is C/C=C\C=C(/C)S(=O)(=O)c1c(C)[nH]c(/C=C2\C(=O)Nc3ccc4c(c32)CCOS4)c1CCC(=O)O. The molecule has 2 aliphatic heterocycles. The zero-order valence-corrected chi connectivity index (χ0v) is 21.2. The van der Waals surface area contributed by atoms with E-state index in [1.54, 1.807) is 32.1 Å². The van der Waals surface area contributed by atoms with Crippen molar-refractivity contribution in [2.24, 2.45) is 0 Å². The highest BCUT2D eigenvalue weighted by atomic mass is 32.2. The van der Waals surface area contributed by atoms with Crippen LogP contribution in [0.25, 0.3) is 11.6 Å². The largest absolute Gasteiger partial charge is 0.481 e. The number of benzene rings is 1.